The minimum Gasteiger partial charge on any atom is -0.472 e. The van der Waals surface area contributed by atoms with E-state index in [0.717, 1.165) is 64.7 Å². The zero-order valence-electron chi connectivity index (χ0n) is 17.6. The van der Waals surface area contributed by atoms with E-state index in [9.17, 15) is 0 Å². The summed E-state index contributed by atoms with van der Waals surface area (Å²) in [5.41, 5.74) is 0. The van der Waals surface area contributed by atoms with Gasteiger partial charge in [-0.15, -0.1) is 0 Å². The fourth-order valence-corrected chi connectivity index (χ4v) is 4.69. The van der Waals surface area contributed by atoms with Gasteiger partial charge in [-0.3, -0.25) is 4.90 Å². The highest BCUT2D eigenvalue weighted by Gasteiger charge is 2.25. The minimum absolute atomic E-state index is 0.205. The van der Waals surface area contributed by atoms with Crippen LogP contribution in [0, 0.1) is 5.92 Å². The zero-order chi connectivity index (χ0) is 19.7. The first kappa shape index (κ1) is 20.8. The molecule has 0 unspecified atom stereocenters. The van der Waals surface area contributed by atoms with E-state index in [0.29, 0.717) is 18.4 Å². The largest absolute Gasteiger partial charge is 0.472 e. The number of piperidine rings is 1. The van der Waals surface area contributed by atoms with Crippen molar-refractivity contribution in [3.8, 4) is 11.8 Å². The number of ether oxygens (including phenoxy) is 3. The van der Waals surface area contributed by atoms with Crippen LogP contribution < -0.4 is 9.47 Å². The van der Waals surface area contributed by atoms with Gasteiger partial charge in [0.15, 0.2) is 0 Å². The average Bonchev–Trinajstić information content (AvgIpc) is 2.78. The summed E-state index contributed by atoms with van der Waals surface area (Å²) < 4.78 is 17.5. The molecule has 0 amide bonds. The Hall–Kier alpha value is -1.44. The van der Waals surface area contributed by atoms with E-state index >= 15 is 0 Å². The van der Waals surface area contributed by atoms with Crippen molar-refractivity contribution in [1.82, 2.24) is 19.8 Å². The molecule has 7 nitrogen and oxygen atoms in total. The van der Waals surface area contributed by atoms with Crippen molar-refractivity contribution in [2.75, 3.05) is 59.1 Å². The lowest BCUT2D eigenvalue weighted by Crippen LogP contribution is -2.41. The van der Waals surface area contributed by atoms with E-state index in [1.54, 1.807) is 12.4 Å². The number of hydrogen-bond donors (Lipinski definition) is 0. The molecule has 0 spiro atoms. The highest BCUT2D eigenvalue weighted by Crippen LogP contribution is 2.27. The number of likely N-dealkylation sites (tertiary alicyclic amines) is 1. The lowest BCUT2D eigenvalue weighted by molar-refractivity contribution is 0.0313. The second kappa shape index (κ2) is 11.1. The van der Waals surface area contributed by atoms with E-state index in [-0.39, 0.29) is 6.10 Å². The molecule has 2 saturated heterocycles. The van der Waals surface area contributed by atoms with Crippen molar-refractivity contribution >= 4 is 0 Å². The summed E-state index contributed by atoms with van der Waals surface area (Å²) in [6.45, 7) is 8.52. The SMILES string of the molecule is c1cnc(OC2CCN(CC3CCCCC3)CC2)c(OCCN2CCOCC2)n1. The van der Waals surface area contributed by atoms with Crippen LogP contribution in [-0.2, 0) is 4.74 Å². The van der Waals surface area contributed by atoms with Gasteiger partial charge in [0.05, 0.1) is 13.2 Å². The summed E-state index contributed by atoms with van der Waals surface area (Å²) in [6, 6.07) is 0. The Labute approximate surface area is 174 Å². The van der Waals surface area contributed by atoms with E-state index in [1.165, 1.54) is 38.6 Å². The van der Waals surface area contributed by atoms with Gasteiger partial charge in [0.2, 0.25) is 0 Å². The molecule has 0 N–H and O–H groups in total. The molecule has 162 valence electrons. The quantitative estimate of drug-likeness (QED) is 0.660. The predicted molar refractivity (Wildman–Crippen MR) is 111 cm³/mol. The van der Waals surface area contributed by atoms with Crippen LogP contribution in [0.25, 0.3) is 0 Å². The maximum atomic E-state index is 6.21. The van der Waals surface area contributed by atoms with Crippen LogP contribution in [0.1, 0.15) is 44.9 Å². The molecule has 1 saturated carbocycles. The van der Waals surface area contributed by atoms with Crippen LogP contribution >= 0.6 is 0 Å². The second-order valence-corrected chi connectivity index (χ2v) is 8.59. The zero-order valence-corrected chi connectivity index (χ0v) is 17.6. The molecule has 29 heavy (non-hydrogen) atoms. The molecule has 0 bridgehead atoms. The molecular formula is C22H36N4O3. The number of morpholine rings is 1. The summed E-state index contributed by atoms with van der Waals surface area (Å²) in [6.07, 6.45) is 12.8. The molecule has 3 aliphatic rings. The normalized spacial score (nSPS) is 23.2. The van der Waals surface area contributed by atoms with Crippen molar-refractivity contribution in [3.05, 3.63) is 12.4 Å². The summed E-state index contributed by atoms with van der Waals surface area (Å²) in [5, 5.41) is 0. The van der Waals surface area contributed by atoms with Gasteiger partial charge in [-0.2, -0.15) is 0 Å². The first-order valence-corrected chi connectivity index (χ1v) is 11.5. The first-order chi connectivity index (χ1) is 14.4. The third-order valence-corrected chi connectivity index (χ3v) is 6.44. The second-order valence-electron chi connectivity index (χ2n) is 8.59. The Morgan fingerprint density at radius 2 is 1.59 bits per heavy atom. The van der Waals surface area contributed by atoms with Crippen LogP contribution in [0.15, 0.2) is 12.4 Å². The molecular weight excluding hydrogens is 368 g/mol. The lowest BCUT2D eigenvalue weighted by Gasteiger charge is -2.35. The first-order valence-electron chi connectivity index (χ1n) is 11.5. The van der Waals surface area contributed by atoms with Crippen molar-refractivity contribution in [2.45, 2.75) is 51.0 Å². The van der Waals surface area contributed by atoms with E-state index < -0.39 is 0 Å². The Morgan fingerprint density at radius 3 is 2.34 bits per heavy atom. The minimum atomic E-state index is 0.205. The molecule has 1 aliphatic carbocycles. The van der Waals surface area contributed by atoms with Crippen LogP contribution in [0.4, 0.5) is 0 Å². The molecule has 1 aromatic heterocycles. The maximum absolute atomic E-state index is 6.21. The smallest absolute Gasteiger partial charge is 0.278 e. The van der Waals surface area contributed by atoms with Crippen molar-refractivity contribution in [2.24, 2.45) is 5.92 Å². The van der Waals surface area contributed by atoms with E-state index in [1.807, 2.05) is 0 Å². The Kier molecular flexibility index (Phi) is 7.96. The van der Waals surface area contributed by atoms with Gasteiger partial charge in [-0.25, -0.2) is 9.97 Å². The van der Waals surface area contributed by atoms with Crippen molar-refractivity contribution < 1.29 is 14.2 Å². The van der Waals surface area contributed by atoms with Crippen LogP contribution in [-0.4, -0.2) is 85.0 Å². The molecule has 2 aliphatic heterocycles. The average molecular weight is 405 g/mol. The monoisotopic (exact) mass is 404 g/mol. The fraction of sp³-hybridized carbons (Fsp3) is 0.818. The number of nitrogens with zero attached hydrogens (tertiary/aromatic N) is 4. The molecule has 7 heteroatoms. The molecule has 0 aromatic carbocycles. The summed E-state index contributed by atoms with van der Waals surface area (Å²) in [7, 11) is 0. The van der Waals surface area contributed by atoms with Crippen molar-refractivity contribution in [1.29, 1.82) is 0 Å². The fourth-order valence-electron chi connectivity index (χ4n) is 4.69. The predicted octanol–water partition coefficient (Wildman–Crippen LogP) is 2.61. The highest BCUT2D eigenvalue weighted by molar-refractivity contribution is 5.24. The third-order valence-electron chi connectivity index (χ3n) is 6.44. The summed E-state index contributed by atoms with van der Waals surface area (Å²) in [5.74, 6) is 1.97. The topological polar surface area (TPSA) is 60.0 Å². The lowest BCUT2D eigenvalue weighted by atomic mass is 9.88. The highest BCUT2D eigenvalue weighted by atomic mass is 16.5. The van der Waals surface area contributed by atoms with E-state index in [2.05, 4.69) is 19.8 Å². The van der Waals surface area contributed by atoms with Gasteiger partial charge in [-0.05, 0) is 31.6 Å². The molecule has 4 rings (SSSR count). The van der Waals surface area contributed by atoms with Crippen LogP contribution in [0.5, 0.6) is 11.8 Å². The number of rotatable bonds is 8. The summed E-state index contributed by atoms with van der Waals surface area (Å²) in [4.78, 5) is 13.7. The van der Waals surface area contributed by atoms with E-state index in [4.69, 9.17) is 14.2 Å². The van der Waals surface area contributed by atoms with Gasteiger partial charge in [0.25, 0.3) is 11.8 Å². The Morgan fingerprint density at radius 1 is 0.862 bits per heavy atom. The van der Waals surface area contributed by atoms with Crippen LogP contribution in [0.3, 0.4) is 0 Å². The molecule has 3 fully saturated rings. The molecule has 1 aromatic rings. The van der Waals surface area contributed by atoms with Gasteiger partial charge >= 0.3 is 0 Å². The van der Waals surface area contributed by atoms with Gasteiger partial charge in [-0.1, -0.05) is 19.3 Å². The molecule has 3 heterocycles. The molecule has 0 atom stereocenters. The number of hydrogen-bond acceptors (Lipinski definition) is 7. The molecule has 0 radical (unpaired) electrons. The van der Waals surface area contributed by atoms with Gasteiger partial charge in [0.1, 0.15) is 12.7 Å². The Balaban J connectivity index is 1.20. The Bertz CT molecular complexity index is 597. The maximum Gasteiger partial charge on any atom is 0.278 e. The number of aromatic nitrogens is 2. The summed E-state index contributed by atoms with van der Waals surface area (Å²) >= 11 is 0. The van der Waals surface area contributed by atoms with Gasteiger partial charge < -0.3 is 19.1 Å². The van der Waals surface area contributed by atoms with Gasteiger partial charge in [0, 0.05) is 51.7 Å². The van der Waals surface area contributed by atoms with Crippen LogP contribution in [0.2, 0.25) is 0 Å². The third kappa shape index (κ3) is 6.52. The standard InChI is InChI=1S/C22H36N4O3/c1-2-4-19(5-3-1)18-26-10-6-20(7-11-26)29-22-21(23-8-9-24-22)28-17-14-25-12-15-27-16-13-25/h8-9,19-20H,1-7,10-18H2. The van der Waals surface area contributed by atoms with Crippen molar-refractivity contribution in [3.63, 3.8) is 0 Å².